The molecule has 9 heteroatoms. The van der Waals surface area contributed by atoms with Gasteiger partial charge in [0.15, 0.2) is 5.65 Å². The van der Waals surface area contributed by atoms with Gasteiger partial charge in [-0.25, -0.2) is 19.6 Å². The van der Waals surface area contributed by atoms with Gasteiger partial charge in [-0.1, -0.05) is 23.7 Å². The lowest BCUT2D eigenvalue weighted by Crippen LogP contribution is -2.14. The Morgan fingerprint density at radius 3 is 2.80 bits per heavy atom. The summed E-state index contributed by atoms with van der Waals surface area (Å²) in [5.41, 5.74) is 4.33. The van der Waals surface area contributed by atoms with Crippen LogP contribution in [0.5, 0.6) is 0 Å². The van der Waals surface area contributed by atoms with Gasteiger partial charge in [0.1, 0.15) is 16.5 Å². The van der Waals surface area contributed by atoms with E-state index in [0.717, 1.165) is 16.6 Å². The van der Waals surface area contributed by atoms with Crippen molar-refractivity contribution in [1.82, 2.24) is 24.7 Å². The first-order valence-electron chi connectivity index (χ1n) is 9.35. The fourth-order valence-corrected chi connectivity index (χ4v) is 3.16. The second kappa shape index (κ2) is 8.08. The highest BCUT2D eigenvalue weighted by molar-refractivity contribution is 6.30. The number of halogens is 1. The topological polar surface area (TPSA) is 97.6 Å². The van der Waals surface area contributed by atoms with Gasteiger partial charge in [-0.2, -0.15) is 5.10 Å². The molecular formula is C21H20ClN7O. The van der Waals surface area contributed by atoms with Crippen LogP contribution in [0, 0.1) is 6.92 Å². The van der Waals surface area contributed by atoms with Crippen LogP contribution in [0.15, 0.2) is 48.9 Å². The SMILES string of the molecule is Cc1cc(C(=O)Nc2cccc(C(C)Nc3cnc4cnn(C)c4n3)c2)cnc1Cl. The standard InChI is InChI=1S/C21H20ClN7O/c1-12-7-15(9-24-19(12)22)21(30)27-16-6-4-5-14(8-16)13(2)26-18-11-23-17-10-25-29(3)20(17)28-18/h4-11,13H,1-3H3,(H,26,28)(H,27,30). The van der Waals surface area contributed by atoms with Crippen molar-refractivity contribution in [3.63, 3.8) is 0 Å². The van der Waals surface area contributed by atoms with E-state index in [1.54, 1.807) is 23.1 Å². The Bertz CT molecular complexity index is 1240. The maximum Gasteiger partial charge on any atom is 0.257 e. The third kappa shape index (κ3) is 4.08. The number of nitrogens with zero attached hydrogens (tertiary/aromatic N) is 5. The number of carbonyl (C=O) groups is 1. The molecule has 0 spiro atoms. The largest absolute Gasteiger partial charge is 0.362 e. The van der Waals surface area contributed by atoms with E-state index in [2.05, 4.69) is 30.7 Å². The van der Waals surface area contributed by atoms with Crippen LogP contribution in [0.4, 0.5) is 11.5 Å². The minimum absolute atomic E-state index is 0.0544. The van der Waals surface area contributed by atoms with Gasteiger partial charge in [-0.3, -0.25) is 4.79 Å². The summed E-state index contributed by atoms with van der Waals surface area (Å²) in [6, 6.07) is 9.29. The van der Waals surface area contributed by atoms with E-state index in [1.807, 2.05) is 45.2 Å². The maximum absolute atomic E-state index is 12.5. The van der Waals surface area contributed by atoms with Crippen molar-refractivity contribution >= 4 is 40.2 Å². The molecule has 3 aromatic heterocycles. The number of aromatic nitrogens is 5. The highest BCUT2D eigenvalue weighted by Gasteiger charge is 2.12. The molecule has 0 fully saturated rings. The lowest BCUT2D eigenvalue weighted by atomic mass is 10.1. The zero-order chi connectivity index (χ0) is 21.3. The number of fused-ring (bicyclic) bond motifs is 1. The van der Waals surface area contributed by atoms with Gasteiger partial charge in [0.2, 0.25) is 0 Å². The highest BCUT2D eigenvalue weighted by Crippen LogP contribution is 2.22. The first-order chi connectivity index (χ1) is 14.4. The van der Waals surface area contributed by atoms with Gasteiger partial charge in [-0.15, -0.1) is 0 Å². The third-order valence-corrected chi connectivity index (χ3v) is 5.12. The Hall–Kier alpha value is -3.52. The number of pyridine rings is 1. The number of hydrogen-bond acceptors (Lipinski definition) is 6. The Kier molecular flexibility index (Phi) is 5.33. The second-order valence-electron chi connectivity index (χ2n) is 7.01. The molecule has 0 aliphatic rings. The Morgan fingerprint density at radius 2 is 2.00 bits per heavy atom. The molecule has 0 saturated carbocycles. The van der Waals surface area contributed by atoms with Crippen LogP contribution in [0.1, 0.15) is 34.5 Å². The number of benzene rings is 1. The molecule has 0 aliphatic carbocycles. The van der Waals surface area contributed by atoms with Gasteiger partial charge >= 0.3 is 0 Å². The predicted octanol–water partition coefficient (Wildman–Crippen LogP) is 4.15. The second-order valence-corrected chi connectivity index (χ2v) is 7.37. The molecule has 0 aliphatic heterocycles. The van der Waals surface area contributed by atoms with Crippen molar-refractivity contribution in [3.8, 4) is 0 Å². The molecule has 152 valence electrons. The number of carbonyl (C=O) groups excluding carboxylic acids is 1. The van der Waals surface area contributed by atoms with Crippen LogP contribution < -0.4 is 10.6 Å². The van der Waals surface area contributed by atoms with Gasteiger partial charge in [0, 0.05) is 18.9 Å². The molecule has 0 radical (unpaired) electrons. The summed E-state index contributed by atoms with van der Waals surface area (Å²) in [6.45, 7) is 3.83. The summed E-state index contributed by atoms with van der Waals surface area (Å²) in [7, 11) is 1.83. The van der Waals surface area contributed by atoms with Crippen LogP contribution in [0.3, 0.4) is 0 Å². The minimum Gasteiger partial charge on any atom is -0.362 e. The molecule has 1 atom stereocenters. The van der Waals surface area contributed by atoms with Gasteiger partial charge < -0.3 is 10.6 Å². The van der Waals surface area contributed by atoms with Gasteiger partial charge in [0.25, 0.3) is 5.91 Å². The van der Waals surface area contributed by atoms with Crippen molar-refractivity contribution in [3.05, 3.63) is 70.8 Å². The number of nitrogens with one attached hydrogen (secondary N) is 2. The smallest absolute Gasteiger partial charge is 0.257 e. The van der Waals surface area contributed by atoms with Gasteiger partial charge in [-0.05, 0) is 43.2 Å². The summed E-state index contributed by atoms with van der Waals surface area (Å²) >= 11 is 5.94. The summed E-state index contributed by atoms with van der Waals surface area (Å²) < 4.78 is 1.68. The fourth-order valence-electron chi connectivity index (χ4n) is 3.06. The normalized spacial score (nSPS) is 12.0. The predicted molar refractivity (Wildman–Crippen MR) is 117 cm³/mol. The molecule has 1 aromatic carbocycles. The number of aryl methyl sites for hydroxylation is 2. The molecule has 4 aromatic rings. The minimum atomic E-state index is -0.243. The molecule has 0 bridgehead atoms. The third-order valence-electron chi connectivity index (χ3n) is 4.73. The highest BCUT2D eigenvalue weighted by atomic mass is 35.5. The van der Waals surface area contributed by atoms with E-state index in [4.69, 9.17) is 11.6 Å². The summed E-state index contributed by atoms with van der Waals surface area (Å²) in [6.07, 6.45) is 4.83. The molecule has 2 N–H and O–H groups in total. The zero-order valence-electron chi connectivity index (χ0n) is 16.7. The fraction of sp³-hybridized carbons (Fsp3) is 0.190. The van der Waals surface area contributed by atoms with Crippen LogP contribution >= 0.6 is 11.6 Å². The number of hydrogen-bond donors (Lipinski definition) is 2. The first-order valence-corrected chi connectivity index (χ1v) is 9.73. The number of amides is 1. The lowest BCUT2D eigenvalue weighted by Gasteiger charge is -2.16. The Balaban J connectivity index is 1.49. The average molecular weight is 422 g/mol. The van der Waals surface area contributed by atoms with E-state index in [9.17, 15) is 4.79 Å². The average Bonchev–Trinajstić information content (AvgIpc) is 3.10. The van der Waals surface area contributed by atoms with Crippen molar-refractivity contribution in [2.24, 2.45) is 7.05 Å². The van der Waals surface area contributed by atoms with Crippen LogP contribution in [-0.4, -0.2) is 30.6 Å². The summed E-state index contributed by atoms with van der Waals surface area (Å²) in [4.78, 5) is 25.5. The lowest BCUT2D eigenvalue weighted by molar-refractivity contribution is 0.102. The molecule has 0 saturated heterocycles. The van der Waals surface area contributed by atoms with Crippen LogP contribution in [0.2, 0.25) is 5.15 Å². The first kappa shape index (κ1) is 19.8. The molecule has 4 rings (SSSR count). The van der Waals surface area contributed by atoms with E-state index >= 15 is 0 Å². The van der Waals surface area contributed by atoms with E-state index in [-0.39, 0.29) is 11.9 Å². The van der Waals surface area contributed by atoms with Gasteiger partial charge in [0.05, 0.1) is 24.0 Å². The molecule has 1 amide bonds. The van der Waals surface area contributed by atoms with Crippen LogP contribution in [0.25, 0.3) is 11.2 Å². The number of rotatable bonds is 5. The molecule has 3 heterocycles. The van der Waals surface area contributed by atoms with E-state index < -0.39 is 0 Å². The molecule has 8 nitrogen and oxygen atoms in total. The van der Waals surface area contributed by atoms with Crippen molar-refractivity contribution in [1.29, 1.82) is 0 Å². The molecular weight excluding hydrogens is 402 g/mol. The van der Waals surface area contributed by atoms with E-state index in [1.165, 1.54) is 6.20 Å². The van der Waals surface area contributed by atoms with Crippen molar-refractivity contribution in [2.75, 3.05) is 10.6 Å². The summed E-state index contributed by atoms with van der Waals surface area (Å²) in [5.74, 6) is 0.406. The quantitative estimate of drug-likeness (QED) is 0.470. The Labute approximate surface area is 178 Å². The van der Waals surface area contributed by atoms with E-state index in [0.29, 0.717) is 27.9 Å². The van der Waals surface area contributed by atoms with Crippen LogP contribution in [-0.2, 0) is 7.05 Å². The zero-order valence-corrected chi connectivity index (χ0v) is 17.5. The van der Waals surface area contributed by atoms with Crippen molar-refractivity contribution in [2.45, 2.75) is 19.9 Å². The molecule has 1 unspecified atom stereocenters. The monoisotopic (exact) mass is 421 g/mol. The Morgan fingerprint density at radius 1 is 1.17 bits per heavy atom. The number of anilines is 2. The van der Waals surface area contributed by atoms with Crippen molar-refractivity contribution < 1.29 is 4.79 Å². The maximum atomic E-state index is 12.5. The summed E-state index contributed by atoms with van der Waals surface area (Å²) in [5, 5.41) is 10.8. The molecule has 30 heavy (non-hydrogen) atoms.